The normalized spacial score (nSPS) is 34.0. The monoisotopic (exact) mass is 266 g/mol. The Morgan fingerprint density at radius 3 is 2.63 bits per heavy atom. The van der Waals surface area contributed by atoms with Gasteiger partial charge in [-0.05, 0) is 57.0 Å². The summed E-state index contributed by atoms with van der Waals surface area (Å²) in [7, 11) is 0. The number of amides is 1. The molecule has 1 heterocycles. The molecule has 2 saturated carbocycles. The van der Waals surface area contributed by atoms with E-state index in [0.717, 1.165) is 57.3 Å². The molecule has 3 rings (SSSR count). The minimum Gasteiger partial charge on any atom is -0.378 e. The van der Waals surface area contributed by atoms with Crippen LogP contribution in [-0.2, 0) is 9.53 Å². The molecule has 2 atom stereocenters. The molecular weight excluding hydrogens is 240 g/mol. The van der Waals surface area contributed by atoms with E-state index in [1.807, 2.05) is 0 Å². The van der Waals surface area contributed by atoms with Crippen molar-refractivity contribution in [3.63, 3.8) is 0 Å². The zero-order chi connectivity index (χ0) is 13.1. The number of carbonyl (C=O) groups is 1. The van der Waals surface area contributed by atoms with E-state index in [9.17, 15) is 4.79 Å². The molecule has 0 aromatic rings. The molecule has 0 bridgehead atoms. The minimum absolute atomic E-state index is 0.302. The standard InChI is InChI=1S/C15H26N2O2/c18-15(14-12-3-1-4-13(12)14)17-7-2-10-19-11-5-8-16-9-6-11/h11-14,16H,1-10H2,(H,17,18). The van der Waals surface area contributed by atoms with Crippen molar-refractivity contribution in [1.29, 1.82) is 0 Å². The molecule has 3 aliphatic rings. The fourth-order valence-electron chi connectivity index (χ4n) is 3.82. The molecule has 0 spiro atoms. The minimum atomic E-state index is 0.302. The Morgan fingerprint density at radius 2 is 1.89 bits per heavy atom. The zero-order valence-electron chi connectivity index (χ0n) is 11.7. The van der Waals surface area contributed by atoms with Gasteiger partial charge in [0.1, 0.15) is 0 Å². The average Bonchev–Trinajstić information content (AvgIpc) is 2.93. The lowest BCUT2D eigenvalue weighted by atomic mass is 10.1. The van der Waals surface area contributed by atoms with E-state index in [1.54, 1.807) is 0 Å². The summed E-state index contributed by atoms with van der Waals surface area (Å²) in [6, 6.07) is 0. The average molecular weight is 266 g/mol. The van der Waals surface area contributed by atoms with E-state index in [1.165, 1.54) is 19.3 Å². The van der Waals surface area contributed by atoms with Crippen molar-refractivity contribution in [1.82, 2.24) is 10.6 Å². The van der Waals surface area contributed by atoms with Gasteiger partial charge in [-0.25, -0.2) is 0 Å². The van der Waals surface area contributed by atoms with Gasteiger partial charge in [0, 0.05) is 19.1 Å². The van der Waals surface area contributed by atoms with Crippen molar-refractivity contribution < 1.29 is 9.53 Å². The Balaban J connectivity index is 1.22. The molecule has 2 N–H and O–H groups in total. The zero-order valence-corrected chi connectivity index (χ0v) is 11.7. The van der Waals surface area contributed by atoms with E-state index < -0.39 is 0 Å². The fourth-order valence-corrected chi connectivity index (χ4v) is 3.82. The second kappa shape index (κ2) is 6.23. The number of hydrogen-bond acceptors (Lipinski definition) is 3. The molecule has 1 saturated heterocycles. The Morgan fingerprint density at radius 1 is 1.16 bits per heavy atom. The highest BCUT2D eigenvalue weighted by atomic mass is 16.5. The van der Waals surface area contributed by atoms with Gasteiger partial charge in [-0.1, -0.05) is 6.42 Å². The van der Waals surface area contributed by atoms with Crippen LogP contribution in [0.1, 0.15) is 38.5 Å². The summed E-state index contributed by atoms with van der Waals surface area (Å²) in [6.07, 6.45) is 7.51. The Labute approximate surface area is 115 Å². The van der Waals surface area contributed by atoms with Crippen molar-refractivity contribution in [2.24, 2.45) is 17.8 Å². The Hall–Kier alpha value is -0.610. The Kier molecular flexibility index (Phi) is 4.38. The molecule has 2 aliphatic carbocycles. The van der Waals surface area contributed by atoms with Crippen molar-refractivity contribution >= 4 is 5.91 Å². The van der Waals surface area contributed by atoms with Crippen LogP contribution in [0.5, 0.6) is 0 Å². The number of fused-ring (bicyclic) bond motifs is 1. The summed E-state index contributed by atoms with van der Waals surface area (Å²) >= 11 is 0. The van der Waals surface area contributed by atoms with E-state index in [2.05, 4.69) is 10.6 Å². The Bertz CT molecular complexity index is 305. The van der Waals surface area contributed by atoms with E-state index in [-0.39, 0.29) is 0 Å². The lowest BCUT2D eigenvalue weighted by Crippen LogP contribution is -2.33. The third-order valence-electron chi connectivity index (χ3n) is 4.97. The summed E-state index contributed by atoms with van der Waals surface area (Å²) in [6.45, 7) is 3.71. The molecule has 4 nitrogen and oxygen atoms in total. The van der Waals surface area contributed by atoms with Crippen molar-refractivity contribution in [2.75, 3.05) is 26.2 Å². The maximum atomic E-state index is 11.9. The van der Waals surface area contributed by atoms with E-state index in [4.69, 9.17) is 4.74 Å². The lowest BCUT2D eigenvalue weighted by molar-refractivity contribution is -0.123. The van der Waals surface area contributed by atoms with Gasteiger partial charge in [-0.2, -0.15) is 0 Å². The largest absolute Gasteiger partial charge is 0.378 e. The van der Waals surface area contributed by atoms with Gasteiger partial charge in [0.2, 0.25) is 5.91 Å². The fraction of sp³-hybridized carbons (Fsp3) is 0.933. The second-order valence-corrected chi connectivity index (χ2v) is 6.25. The maximum absolute atomic E-state index is 11.9. The molecular formula is C15H26N2O2. The number of carbonyl (C=O) groups excluding carboxylic acids is 1. The molecule has 0 aromatic heterocycles. The summed E-state index contributed by atoms with van der Waals surface area (Å²) in [5.41, 5.74) is 0. The highest BCUT2D eigenvalue weighted by Gasteiger charge is 2.56. The summed E-state index contributed by atoms with van der Waals surface area (Å²) in [4.78, 5) is 11.9. The van der Waals surface area contributed by atoms with E-state index in [0.29, 0.717) is 17.9 Å². The number of piperidine rings is 1. The van der Waals surface area contributed by atoms with Crippen LogP contribution in [-0.4, -0.2) is 38.3 Å². The van der Waals surface area contributed by atoms with Crippen LogP contribution in [0, 0.1) is 17.8 Å². The topological polar surface area (TPSA) is 50.4 Å². The van der Waals surface area contributed by atoms with Gasteiger partial charge in [0.25, 0.3) is 0 Å². The van der Waals surface area contributed by atoms with Crippen LogP contribution in [0.25, 0.3) is 0 Å². The van der Waals surface area contributed by atoms with Gasteiger partial charge in [-0.15, -0.1) is 0 Å². The first-order chi connectivity index (χ1) is 9.36. The highest BCUT2D eigenvalue weighted by Crippen LogP contribution is 2.57. The molecule has 2 unspecified atom stereocenters. The number of rotatable bonds is 6. The van der Waals surface area contributed by atoms with Crippen molar-refractivity contribution in [3.05, 3.63) is 0 Å². The molecule has 19 heavy (non-hydrogen) atoms. The number of hydrogen-bond donors (Lipinski definition) is 2. The predicted molar refractivity (Wildman–Crippen MR) is 73.8 cm³/mol. The summed E-state index contributed by atoms with van der Waals surface area (Å²) < 4.78 is 5.82. The van der Waals surface area contributed by atoms with Gasteiger partial charge in [0.05, 0.1) is 6.10 Å². The first-order valence-electron chi connectivity index (χ1n) is 7.96. The molecule has 1 aliphatic heterocycles. The quantitative estimate of drug-likeness (QED) is 0.713. The third kappa shape index (κ3) is 3.29. The van der Waals surface area contributed by atoms with Crippen LogP contribution in [0.15, 0.2) is 0 Å². The third-order valence-corrected chi connectivity index (χ3v) is 4.97. The van der Waals surface area contributed by atoms with Crippen LogP contribution in [0.4, 0.5) is 0 Å². The first kappa shape index (κ1) is 13.4. The highest BCUT2D eigenvalue weighted by molar-refractivity contribution is 5.82. The molecule has 0 aromatic carbocycles. The molecule has 0 radical (unpaired) electrons. The van der Waals surface area contributed by atoms with Gasteiger partial charge >= 0.3 is 0 Å². The van der Waals surface area contributed by atoms with Crippen molar-refractivity contribution in [2.45, 2.75) is 44.6 Å². The number of nitrogens with one attached hydrogen (secondary N) is 2. The van der Waals surface area contributed by atoms with Crippen LogP contribution < -0.4 is 10.6 Å². The summed E-state index contributed by atoms with van der Waals surface area (Å²) in [5.74, 6) is 2.12. The first-order valence-corrected chi connectivity index (χ1v) is 7.96. The van der Waals surface area contributed by atoms with Crippen LogP contribution in [0.3, 0.4) is 0 Å². The maximum Gasteiger partial charge on any atom is 0.223 e. The van der Waals surface area contributed by atoms with Gasteiger partial charge < -0.3 is 15.4 Å². The van der Waals surface area contributed by atoms with Gasteiger partial charge in [-0.3, -0.25) is 4.79 Å². The lowest BCUT2D eigenvalue weighted by Gasteiger charge is -2.22. The smallest absolute Gasteiger partial charge is 0.223 e. The molecule has 108 valence electrons. The van der Waals surface area contributed by atoms with Crippen molar-refractivity contribution in [3.8, 4) is 0 Å². The second-order valence-electron chi connectivity index (χ2n) is 6.25. The molecule has 4 heteroatoms. The van der Waals surface area contributed by atoms with E-state index >= 15 is 0 Å². The molecule has 1 amide bonds. The SMILES string of the molecule is O=C(NCCCOC1CCNCC1)C1C2CCCC21. The summed E-state index contributed by atoms with van der Waals surface area (Å²) in [5, 5.41) is 6.41. The molecule has 3 fully saturated rings. The van der Waals surface area contributed by atoms with Crippen LogP contribution in [0.2, 0.25) is 0 Å². The van der Waals surface area contributed by atoms with Gasteiger partial charge in [0.15, 0.2) is 0 Å². The number of ether oxygens (including phenoxy) is 1. The van der Waals surface area contributed by atoms with Crippen LogP contribution >= 0.6 is 0 Å². The predicted octanol–water partition coefficient (Wildman–Crippen LogP) is 1.31.